The Labute approximate surface area is 303 Å². The van der Waals surface area contributed by atoms with E-state index in [9.17, 15) is 24.0 Å². The van der Waals surface area contributed by atoms with Crippen molar-refractivity contribution in [2.45, 2.75) is 44.2 Å². The summed E-state index contributed by atoms with van der Waals surface area (Å²) < 4.78 is 25.4. The number of likely N-dealkylation sites (tertiary alicyclic amines) is 1. The molecule has 2 amide bonds. The van der Waals surface area contributed by atoms with Crippen LogP contribution in [0.15, 0.2) is 63.8 Å². The third kappa shape index (κ3) is 5.14. The van der Waals surface area contributed by atoms with Crippen LogP contribution >= 0.6 is 11.6 Å². The fraction of sp³-hybridized carbons (Fsp3) is 0.359. The Kier molecular flexibility index (Phi) is 8.24. The Morgan fingerprint density at radius 2 is 1.71 bits per heavy atom. The molecule has 2 bridgehead atoms. The van der Waals surface area contributed by atoms with E-state index in [0.717, 1.165) is 12.1 Å². The minimum atomic E-state index is -1.99. The molecule has 5 heterocycles. The minimum Gasteiger partial charge on any atom is -0.496 e. The molecule has 4 aromatic rings. The lowest BCUT2D eigenvalue weighted by atomic mass is 9.70. The molecule has 1 saturated heterocycles. The van der Waals surface area contributed by atoms with Gasteiger partial charge in [0.1, 0.15) is 33.6 Å². The smallest absolute Gasteiger partial charge is 0.250 e. The van der Waals surface area contributed by atoms with Gasteiger partial charge in [-0.2, -0.15) is 0 Å². The highest BCUT2D eigenvalue weighted by atomic mass is 35.5. The van der Waals surface area contributed by atoms with E-state index in [1.54, 1.807) is 28.5 Å². The van der Waals surface area contributed by atoms with Crippen molar-refractivity contribution >= 4 is 35.0 Å². The van der Waals surface area contributed by atoms with Crippen LogP contribution in [-0.2, 0) is 29.0 Å². The molecule has 12 nitrogen and oxygen atoms in total. The summed E-state index contributed by atoms with van der Waals surface area (Å²) in [7, 11) is 2.82. The molecule has 52 heavy (non-hydrogen) atoms. The number of methoxy groups -OCH3 is 2. The van der Waals surface area contributed by atoms with Crippen molar-refractivity contribution in [3.8, 4) is 28.6 Å². The lowest BCUT2D eigenvalue weighted by Gasteiger charge is -2.42. The van der Waals surface area contributed by atoms with Crippen LogP contribution in [0.2, 0.25) is 5.02 Å². The number of Topliss-reactive ketones (excluding diaryl/α,β-unsaturated/α-hetero) is 2. The fourth-order valence-corrected chi connectivity index (χ4v) is 8.70. The number of carbonyl (C=O) groups is 4. The fourth-order valence-electron chi connectivity index (χ4n) is 8.43. The first-order valence-corrected chi connectivity index (χ1v) is 17.6. The maximum Gasteiger partial charge on any atom is 0.250 e. The van der Waals surface area contributed by atoms with Crippen LogP contribution in [0.4, 0.5) is 0 Å². The quantitative estimate of drug-likeness (QED) is 0.273. The Hall–Kier alpha value is -5.36. The Morgan fingerprint density at radius 3 is 2.46 bits per heavy atom. The molecule has 0 saturated carbocycles. The molecule has 4 aliphatic rings. The van der Waals surface area contributed by atoms with Gasteiger partial charge in [0, 0.05) is 66.8 Å². The van der Waals surface area contributed by atoms with Crippen LogP contribution < -0.4 is 25.1 Å². The summed E-state index contributed by atoms with van der Waals surface area (Å²) in [6.45, 7) is 2.98. The van der Waals surface area contributed by atoms with Crippen molar-refractivity contribution in [1.82, 2.24) is 14.8 Å². The van der Waals surface area contributed by atoms with Gasteiger partial charge < -0.3 is 33.4 Å². The Balaban J connectivity index is 1.07. The minimum absolute atomic E-state index is 0.00602. The monoisotopic (exact) mass is 725 g/mol. The van der Waals surface area contributed by atoms with E-state index in [1.807, 2.05) is 36.4 Å². The van der Waals surface area contributed by atoms with Gasteiger partial charge in [-0.05, 0) is 18.4 Å². The zero-order valence-corrected chi connectivity index (χ0v) is 29.6. The SMILES string of the molecule is COc1cc(OC)c2c(c1Cl)O[C@@]1(C(=O)c3c(oc(-c4ccccc4)c3CC(=O)NCC(=O)N3C[C@@H]4C[C@H](C3)c3cccc(=O)n3C4)C[C@H]1C)C2=O. The van der Waals surface area contributed by atoms with Crippen LogP contribution in [0.25, 0.3) is 11.3 Å². The van der Waals surface area contributed by atoms with Gasteiger partial charge in [-0.15, -0.1) is 0 Å². The summed E-state index contributed by atoms with van der Waals surface area (Å²) in [6, 6.07) is 15.8. The molecule has 1 fully saturated rings. The van der Waals surface area contributed by atoms with Crippen molar-refractivity contribution in [2.24, 2.45) is 11.8 Å². The first-order valence-electron chi connectivity index (χ1n) is 17.2. The molecule has 4 atom stereocenters. The predicted octanol–water partition coefficient (Wildman–Crippen LogP) is 4.47. The van der Waals surface area contributed by atoms with Crippen molar-refractivity contribution in [3.05, 3.63) is 98.1 Å². The van der Waals surface area contributed by atoms with Crippen LogP contribution in [0.1, 0.15) is 57.0 Å². The normalized spacial score (nSPS) is 22.7. The van der Waals surface area contributed by atoms with Gasteiger partial charge >= 0.3 is 0 Å². The summed E-state index contributed by atoms with van der Waals surface area (Å²) in [5.74, 6) is -1.47. The number of nitrogens with zero attached hydrogens (tertiary/aromatic N) is 2. The van der Waals surface area contributed by atoms with Crippen LogP contribution in [0.3, 0.4) is 0 Å². The molecule has 1 spiro atoms. The lowest BCUT2D eigenvalue weighted by Crippen LogP contribution is -2.56. The van der Waals surface area contributed by atoms with Crippen LogP contribution in [0, 0.1) is 11.8 Å². The second kappa shape index (κ2) is 12.7. The van der Waals surface area contributed by atoms with E-state index in [-0.39, 0.29) is 76.1 Å². The first kappa shape index (κ1) is 33.8. The molecule has 0 unspecified atom stereocenters. The number of nitrogens with one attached hydrogen (secondary N) is 1. The molecule has 268 valence electrons. The zero-order chi connectivity index (χ0) is 36.5. The number of hydrogen-bond acceptors (Lipinski definition) is 9. The average molecular weight is 726 g/mol. The number of hydrogen-bond donors (Lipinski definition) is 1. The van der Waals surface area contributed by atoms with E-state index >= 15 is 0 Å². The van der Waals surface area contributed by atoms with Crippen molar-refractivity contribution in [1.29, 1.82) is 0 Å². The van der Waals surface area contributed by atoms with Gasteiger partial charge in [0.25, 0.3) is 5.56 Å². The number of furan rings is 1. The van der Waals surface area contributed by atoms with E-state index in [1.165, 1.54) is 20.3 Å². The van der Waals surface area contributed by atoms with Crippen molar-refractivity contribution in [2.75, 3.05) is 33.9 Å². The molecular formula is C39H36ClN3O9. The van der Waals surface area contributed by atoms with Crippen molar-refractivity contribution < 1.29 is 37.8 Å². The Bertz CT molecular complexity index is 2230. The standard InChI is InChI=1S/C39H36ClN3O9/c1-20-12-27-32(37(47)39(20)38(48)33-26(49-2)15-28(50-3)34(40)36(33)52-39)24(35(51-27)22-8-5-4-6-9-22)14-29(44)41-16-31(46)42-17-21-13-23(19-42)25-10-7-11-30(45)43(25)18-21/h4-11,15,20-21,23H,12-14,16-19H2,1-3H3,(H,41,44)/t20-,21+,23-,39+/m1/s1. The molecule has 2 aromatic heterocycles. The second-order valence-electron chi connectivity index (χ2n) is 13.9. The predicted molar refractivity (Wildman–Crippen MR) is 188 cm³/mol. The number of aromatic nitrogens is 1. The second-order valence-corrected chi connectivity index (χ2v) is 14.3. The highest BCUT2D eigenvalue weighted by Crippen LogP contribution is 2.54. The molecule has 1 aliphatic carbocycles. The summed E-state index contributed by atoms with van der Waals surface area (Å²) in [4.78, 5) is 70.4. The number of ether oxygens (including phenoxy) is 3. The van der Waals surface area contributed by atoms with Gasteiger partial charge in [-0.25, -0.2) is 0 Å². The first-order chi connectivity index (χ1) is 25.0. The summed E-state index contributed by atoms with van der Waals surface area (Å²) in [6.07, 6.45) is 0.753. The van der Waals surface area contributed by atoms with Crippen LogP contribution in [0.5, 0.6) is 17.2 Å². The summed E-state index contributed by atoms with van der Waals surface area (Å²) in [5.41, 5.74) is -0.0352. The Morgan fingerprint density at radius 1 is 0.962 bits per heavy atom. The molecule has 2 aromatic carbocycles. The van der Waals surface area contributed by atoms with Gasteiger partial charge in [-0.3, -0.25) is 24.0 Å². The summed E-state index contributed by atoms with van der Waals surface area (Å²) >= 11 is 6.62. The van der Waals surface area contributed by atoms with E-state index < -0.39 is 29.0 Å². The number of pyridine rings is 1. The molecule has 8 rings (SSSR count). The lowest BCUT2D eigenvalue weighted by molar-refractivity contribution is -0.135. The topological polar surface area (TPSA) is 146 Å². The number of halogens is 1. The third-order valence-corrected chi connectivity index (χ3v) is 11.2. The molecular weight excluding hydrogens is 690 g/mol. The largest absolute Gasteiger partial charge is 0.496 e. The zero-order valence-electron chi connectivity index (χ0n) is 28.8. The molecule has 1 N–H and O–H groups in total. The highest BCUT2D eigenvalue weighted by molar-refractivity contribution is 6.36. The third-order valence-electron chi connectivity index (χ3n) is 10.9. The summed E-state index contributed by atoms with van der Waals surface area (Å²) in [5, 5.41) is 2.79. The van der Waals surface area contributed by atoms with E-state index in [4.69, 9.17) is 30.2 Å². The number of ketones is 2. The number of carbonyl (C=O) groups excluding carboxylic acids is 4. The van der Waals surface area contributed by atoms with Gasteiger partial charge in [0.05, 0.1) is 32.7 Å². The molecule has 0 radical (unpaired) electrons. The number of fused-ring (bicyclic) bond motifs is 6. The maximum atomic E-state index is 14.8. The van der Waals surface area contributed by atoms with Crippen LogP contribution in [-0.4, -0.2) is 72.3 Å². The number of piperidine rings is 1. The van der Waals surface area contributed by atoms with Gasteiger partial charge in [0.15, 0.2) is 5.75 Å². The maximum absolute atomic E-state index is 14.8. The number of benzene rings is 2. The molecule has 3 aliphatic heterocycles. The highest BCUT2D eigenvalue weighted by Gasteiger charge is 2.63. The average Bonchev–Trinajstić information content (AvgIpc) is 3.66. The van der Waals surface area contributed by atoms with Crippen molar-refractivity contribution in [3.63, 3.8) is 0 Å². The van der Waals surface area contributed by atoms with E-state index in [2.05, 4.69) is 5.32 Å². The van der Waals surface area contributed by atoms with Gasteiger partial charge in [0.2, 0.25) is 29.0 Å². The number of amides is 2. The van der Waals surface area contributed by atoms with E-state index in [0.29, 0.717) is 42.3 Å². The number of rotatable bonds is 7. The molecule has 13 heteroatoms. The van der Waals surface area contributed by atoms with Gasteiger partial charge in [-0.1, -0.05) is 54.9 Å².